The first kappa shape index (κ1) is 10.7. The molecule has 0 aliphatic rings. The average Bonchev–Trinajstić information content (AvgIpc) is 2.16. The zero-order chi connectivity index (χ0) is 10.7. The first-order valence-electron chi connectivity index (χ1n) is 3.60. The van der Waals surface area contributed by atoms with E-state index in [-0.39, 0.29) is 17.1 Å². The molecule has 0 unspecified atom stereocenters. The van der Waals surface area contributed by atoms with Gasteiger partial charge in [-0.05, 0) is 0 Å². The fourth-order valence-electron chi connectivity index (χ4n) is 0.970. The van der Waals surface area contributed by atoms with E-state index in [2.05, 4.69) is 4.98 Å². The van der Waals surface area contributed by atoms with Crippen molar-refractivity contribution in [3.05, 3.63) is 33.2 Å². The van der Waals surface area contributed by atoms with Crippen LogP contribution in [0.15, 0.2) is 11.0 Å². The summed E-state index contributed by atoms with van der Waals surface area (Å²) in [6, 6.07) is 1.55. The molecule has 0 spiro atoms. The van der Waals surface area contributed by atoms with Crippen LogP contribution in [0.4, 0.5) is 8.78 Å². The summed E-state index contributed by atoms with van der Waals surface area (Å²) < 4.78 is 24.4. The van der Waals surface area contributed by atoms with Gasteiger partial charge in [-0.2, -0.15) is 5.26 Å². The van der Waals surface area contributed by atoms with Gasteiger partial charge in [-0.1, -0.05) is 0 Å². The lowest BCUT2D eigenvalue weighted by atomic mass is 10.1. The van der Waals surface area contributed by atoms with Crippen molar-refractivity contribution in [3.8, 4) is 6.07 Å². The van der Waals surface area contributed by atoms with E-state index in [0.29, 0.717) is 0 Å². The number of rotatable bonds is 2. The first-order chi connectivity index (χ1) is 6.61. The molecule has 1 heterocycles. The van der Waals surface area contributed by atoms with Gasteiger partial charge < -0.3 is 4.98 Å². The molecule has 0 aliphatic heterocycles. The van der Waals surface area contributed by atoms with E-state index in [1.54, 1.807) is 6.07 Å². The van der Waals surface area contributed by atoms with Gasteiger partial charge in [0, 0.05) is 6.20 Å². The number of nitriles is 1. The lowest BCUT2D eigenvalue weighted by Gasteiger charge is -2.02. The summed E-state index contributed by atoms with van der Waals surface area (Å²) >= 11 is 5.41. The van der Waals surface area contributed by atoms with Crippen LogP contribution in [0.25, 0.3) is 0 Å². The Bertz CT molecular complexity index is 436. The van der Waals surface area contributed by atoms with Crippen molar-refractivity contribution >= 4 is 11.6 Å². The maximum Gasteiger partial charge on any atom is 0.269 e. The van der Waals surface area contributed by atoms with Crippen LogP contribution in [-0.4, -0.2) is 4.98 Å². The third kappa shape index (κ3) is 1.75. The zero-order valence-corrected chi connectivity index (χ0v) is 7.61. The summed E-state index contributed by atoms with van der Waals surface area (Å²) in [5.41, 5.74) is -1.87. The summed E-state index contributed by atoms with van der Waals surface area (Å²) in [4.78, 5) is 13.6. The topological polar surface area (TPSA) is 56.6 Å². The molecule has 0 radical (unpaired) electrons. The minimum absolute atomic E-state index is 0.0956. The van der Waals surface area contributed by atoms with E-state index in [4.69, 9.17) is 16.9 Å². The lowest BCUT2D eigenvalue weighted by Crippen LogP contribution is -2.16. The molecule has 14 heavy (non-hydrogen) atoms. The molecule has 0 aromatic carbocycles. The van der Waals surface area contributed by atoms with Crippen LogP contribution < -0.4 is 5.43 Å². The maximum atomic E-state index is 12.2. The van der Waals surface area contributed by atoms with Crippen molar-refractivity contribution in [2.45, 2.75) is 12.3 Å². The van der Waals surface area contributed by atoms with E-state index in [1.807, 2.05) is 0 Å². The minimum Gasteiger partial charge on any atom is -0.362 e. The van der Waals surface area contributed by atoms with Crippen molar-refractivity contribution in [2.75, 3.05) is 0 Å². The highest BCUT2D eigenvalue weighted by molar-refractivity contribution is 6.17. The first-order valence-corrected chi connectivity index (χ1v) is 4.14. The second-order valence-corrected chi connectivity index (χ2v) is 2.74. The average molecular weight is 219 g/mol. The van der Waals surface area contributed by atoms with Gasteiger partial charge >= 0.3 is 0 Å². The van der Waals surface area contributed by atoms with E-state index >= 15 is 0 Å². The highest BCUT2D eigenvalue weighted by atomic mass is 35.5. The Labute approximate surface area is 82.9 Å². The number of aromatic amines is 1. The normalized spacial score (nSPS) is 10.2. The SMILES string of the molecule is N#Cc1c(CCl)[nH]cc(C(F)F)c1=O. The number of nitrogens with one attached hydrogen (secondary N) is 1. The summed E-state index contributed by atoms with van der Waals surface area (Å²) in [7, 11) is 0. The smallest absolute Gasteiger partial charge is 0.269 e. The van der Waals surface area contributed by atoms with Crippen LogP contribution in [0.2, 0.25) is 0 Å². The Morgan fingerprint density at radius 3 is 2.71 bits per heavy atom. The van der Waals surface area contributed by atoms with Gasteiger partial charge in [0.15, 0.2) is 0 Å². The number of nitrogens with zero attached hydrogens (tertiary/aromatic N) is 1. The van der Waals surface area contributed by atoms with Crippen molar-refractivity contribution in [2.24, 2.45) is 0 Å². The van der Waals surface area contributed by atoms with Gasteiger partial charge in [0.25, 0.3) is 6.43 Å². The van der Waals surface area contributed by atoms with Gasteiger partial charge in [-0.3, -0.25) is 4.79 Å². The van der Waals surface area contributed by atoms with Gasteiger partial charge in [0.1, 0.15) is 11.6 Å². The van der Waals surface area contributed by atoms with Crippen LogP contribution >= 0.6 is 11.6 Å². The molecule has 1 rings (SSSR count). The summed E-state index contributed by atoms with van der Waals surface area (Å²) in [5, 5.41) is 8.56. The Morgan fingerprint density at radius 2 is 2.29 bits per heavy atom. The molecule has 74 valence electrons. The third-order valence-electron chi connectivity index (χ3n) is 1.67. The third-order valence-corrected chi connectivity index (χ3v) is 1.94. The van der Waals surface area contributed by atoms with Crippen LogP contribution in [0, 0.1) is 11.3 Å². The Balaban J connectivity index is 3.45. The Hall–Kier alpha value is -1.41. The standard InChI is InChI=1S/C8H5ClF2N2O/c9-1-6-4(2-12)7(14)5(3-13-6)8(10)11/h3,8H,1H2,(H,13,14). The molecule has 6 heteroatoms. The Morgan fingerprint density at radius 1 is 1.64 bits per heavy atom. The van der Waals surface area contributed by atoms with E-state index < -0.39 is 17.4 Å². The number of alkyl halides is 3. The van der Waals surface area contributed by atoms with Crippen LogP contribution in [0.3, 0.4) is 0 Å². The molecule has 3 nitrogen and oxygen atoms in total. The van der Waals surface area contributed by atoms with Crippen LogP contribution in [0.5, 0.6) is 0 Å². The highest BCUT2D eigenvalue weighted by Crippen LogP contribution is 2.15. The summed E-state index contributed by atoms with van der Waals surface area (Å²) in [5.74, 6) is -0.0956. The molecule has 1 aromatic rings. The number of hydrogen-bond donors (Lipinski definition) is 1. The van der Waals surface area contributed by atoms with Crippen LogP contribution in [0.1, 0.15) is 23.2 Å². The molecule has 1 N–H and O–H groups in total. The van der Waals surface area contributed by atoms with E-state index in [0.717, 1.165) is 6.20 Å². The predicted octanol–water partition coefficient (Wildman–Crippen LogP) is 1.92. The predicted molar refractivity (Wildman–Crippen MR) is 46.3 cm³/mol. The molecule has 0 saturated carbocycles. The molecule has 1 aromatic heterocycles. The molecule has 0 aliphatic carbocycles. The van der Waals surface area contributed by atoms with Crippen LogP contribution in [-0.2, 0) is 5.88 Å². The lowest BCUT2D eigenvalue weighted by molar-refractivity contribution is 0.149. The minimum atomic E-state index is -2.89. The van der Waals surface area contributed by atoms with Crippen molar-refractivity contribution in [1.82, 2.24) is 4.98 Å². The summed E-state index contributed by atoms with van der Waals surface area (Å²) in [6.45, 7) is 0. The number of pyridine rings is 1. The zero-order valence-electron chi connectivity index (χ0n) is 6.85. The molecule has 0 fully saturated rings. The largest absolute Gasteiger partial charge is 0.362 e. The molecular formula is C8H5ClF2N2O. The molecular weight excluding hydrogens is 214 g/mol. The van der Waals surface area contributed by atoms with E-state index in [9.17, 15) is 13.6 Å². The maximum absolute atomic E-state index is 12.2. The van der Waals surface area contributed by atoms with Gasteiger partial charge in [-0.15, -0.1) is 11.6 Å². The van der Waals surface area contributed by atoms with Gasteiger partial charge in [0.2, 0.25) is 5.43 Å². The highest BCUT2D eigenvalue weighted by Gasteiger charge is 2.17. The molecule has 0 bridgehead atoms. The molecule has 0 atom stereocenters. The molecule has 0 saturated heterocycles. The fraction of sp³-hybridized carbons (Fsp3) is 0.250. The Kier molecular flexibility index (Phi) is 3.20. The van der Waals surface area contributed by atoms with Gasteiger partial charge in [-0.25, -0.2) is 8.78 Å². The van der Waals surface area contributed by atoms with Gasteiger partial charge in [0.05, 0.1) is 17.1 Å². The van der Waals surface area contributed by atoms with Crippen molar-refractivity contribution in [3.63, 3.8) is 0 Å². The fourth-order valence-corrected chi connectivity index (χ4v) is 1.18. The summed E-state index contributed by atoms with van der Waals surface area (Å²) in [6.07, 6.45) is -2.01. The quantitative estimate of drug-likeness (QED) is 0.771. The number of aromatic nitrogens is 1. The monoisotopic (exact) mass is 218 g/mol. The number of H-pyrrole nitrogens is 1. The second-order valence-electron chi connectivity index (χ2n) is 2.47. The second kappa shape index (κ2) is 4.20. The van der Waals surface area contributed by atoms with E-state index in [1.165, 1.54) is 0 Å². The number of halogens is 3. The van der Waals surface area contributed by atoms with Crippen molar-refractivity contribution in [1.29, 1.82) is 5.26 Å². The number of hydrogen-bond acceptors (Lipinski definition) is 2. The molecule has 0 amide bonds. The van der Waals surface area contributed by atoms with Crippen molar-refractivity contribution < 1.29 is 8.78 Å².